The molecule has 1 saturated heterocycles. The van der Waals surface area contributed by atoms with E-state index >= 15 is 0 Å². The molecule has 0 bridgehead atoms. The monoisotopic (exact) mass is 389 g/mol. The van der Waals surface area contributed by atoms with Crippen molar-refractivity contribution in [3.05, 3.63) is 52.6 Å². The first-order chi connectivity index (χ1) is 11.7. The fourth-order valence-corrected chi connectivity index (χ4v) is 2.98. The number of pyridine rings is 1. The van der Waals surface area contributed by atoms with Crippen molar-refractivity contribution in [1.29, 1.82) is 0 Å². The number of rotatable bonds is 4. The largest absolute Gasteiger partial charge is 0.375 e. The summed E-state index contributed by atoms with van der Waals surface area (Å²) >= 11 is 3.39. The molecule has 1 aromatic carbocycles. The first-order valence-electron chi connectivity index (χ1n) is 8.06. The van der Waals surface area contributed by atoms with Gasteiger partial charge in [0.05, 0.1) is 18.3 Å². The van der Waals surface area contributed by atoms with E-state index in [2.05, 4.69) is 38.1 Å². The Morgan fingerprint density at radius 3 is 2.92 bits per heavy atom. The minimum Gasteiger partial charge on any atom is -0.375 e. The highest BCUT2D eigenvalue weighted by molar-refractivity contribution is 9.10. The Balaban J connectivity index is 1.80. The maximum absolute atomic E-state index is 12.7. The molecule has 0 aliphatic carbocycles. The zero-order valence-corrected chi connectivity index (χ0v) is 15.1. The van der Waals surface area contributed by atoms with Gasteiger partial charge in [0.1, 0.15) is 5.82 Å². The highest BCUT2D eigenvalue weighted by Gasteiger charge is 2.24. The molecule has 5 nitrogen and oxygen atoms in total. The lowest BCUT2D eigenvalue weighted by molar-refractivity contribution is 0.0381. The molecule has 6 heteroatoms. The van der Waals surface area contributed by atoms with Gasteiger partial charge in [-0.15, -0.1) is 0 Å². The van der Waals surface area contributed by atoms with E-state index in [9.17, 15) is 4.79 Å². The number of nitrogens with one attached hydrogen (secondary N) is 1. The maximum atomic E-state index is 12.7. The van der Waals surface area contributed by atoms with Crippen LogP contribution in [0, 0.1) is 0 Å². The molecule has 0 saturated carbocycles. The predicted octanol–water partition coefficient (Wildman–Crippen LogP) is 3.71. The number of carbonyl (C=O) groups is 1. The molecule has 0 unspecified atom stereocenters. The Bertz CT molecular complexity index is 706. The summed E-state index contributed by atoms with van der Waals surface area (Å²) in [4.78, 5) is 19.3. The number of amides is 1. The van der Waals surface area contributed by atoms with Crippen molar-refractivity contribution in [3.63, 3.8) is 0 Å². The molecule has 1 N–H and O–H groups in total. The van der Waals surface area contributed by atoms with E-state index in [1.807, 2.05) is 30.3 Å². The van der Waals surface area contributed by atoms with Crippen molar-refractivity contribution in [1.82, 2.24) is 4.98 Å². The van der Waals surface area contributed by atoms with E-state index in [4.69, 9.17) is 4.74 Å². The second-order valence-corrected chi connectivity index (χ2v) is 6.60. The van der Waals surface area contributed by atoms with Gasteiger partial charge in [0.15, 0.2) is 0 Å². The third-order valence-electron chi connectivity index (χ3n) is 4.03. The Morgan fingerprint density at radius 1 is 1.38 bits per heavy atom. The molecule has 0 radical (unpaired) electrons. The summed E-state index contributed by atoms with van der Waals surface area (Å²) in [7, 11) is 0. The SMILES string of the molecule is CC[C@@H]1CN(c2ncccc2C(=O)Nc2ccc(Br)cc2)CCO1. The van der Waals surface area contributed by atoms with Crippen molar-refractivity contribution in [2.24, 2.45) is 0 Å². The van der Waals surface area contributed by atoms with Gasteiger partial charge in [-0.3, -0.25) is 4.79 Å². The molecule has 1 atom stereocenters. The van der Waals surface area contributed by atoms with E-state index in [0.29, 0.717) is 18.0 Å². The van der Waals surface area contributed by atoms with Gasteiger partial charge in [-0.25, -0.2) is 4.98 Å². The molecule has 0 spiro atoms. The third-order valence-corrected chi connectivity index (χ3v) is 4.56. The number of carbonyl (C=O) groups excluding carboxylic acids is 1. The van der Waals surface area contributed by atoms with E-state index < -0.39 is 0 Å². The molecule has 3 rings (SSSR count). The highest BCUT2D eigenvalue weighted by atomic mass is 79.9. The molecule has 24 heavy (non-hydrogen) atoms. The van der Waals surface area contributed by atoms with Gasteiger partial charge in [0, 0.05) is 29.4 Å². The molecule has 2 heterocycles. The Labute approximate surface area is 150 Å². The number of benzene rings is 1. The van der Waals surface area contributed by atoms with Gasteiger partial charge >= 0.3 is 0 Å². The lowest BCUT2D eigenvalue weighted by Gasteiger charge is -2.34. The second-order valence-electron chi connectivity index (χ2n) is 5.68. The van der Waals surface area contributed by atoms with E-state index in [0.717, 1.165) is 29.7 Å². The van der Waals surface area contributed by atoms with Gasteiger partial charge in [-0.1, -0.05) is 22.9 Å². The van der Waals surface area contributed by atoms with Gasteiger partial charge in [-0.2, -0.15) is 0 Å². The highest BCUT2D eigenvalue weighted by Crippen LogP contribution is 2.22. The summed E-state index contributed by atoms with van der Waals surface area (Å²) in [5.74, 6) is 0.564. The normalized spacial score (nSPS) is 17.6. The molecular formula is C18H20BrN3O2. The number of ether oxygens (including phenoxy) is 1. The molecule has 1 aliphatic rings. The zero-order chi connectivity index (χ0) is 16.9. The van der Waals surface area contributed by atoms with Crippen LogP contribution in [0.15, 0.2) is 47.1 Å². The molecule has 126 valence electrons. The summed E-state index contributed by atoms with van der Waals surface area (Å²) < 4.78 is 6.69. The third kappa shape index (κ3) is 3.94. The fourth-order valence-electron chi connectivity index (χ4n) is 2.72. The van der Waals surface area contributed by atoms with Gasteiger partial charge in [-0.05, 0) is 42.8 Å². The second kappa shape index (κ2) is 7.77. The molecule has 1 amide bonds. The number of hydrogen-bond acceptors (Lipinski definition) is 4. The summed E-state index contributed by atoms with van der Waals surface area (Å²) in [5, 5.41) is 2.93. The molecule has 1 aliphatic heterocycles. The molecule has 1 aromatic heterocycles. The number of aromatic nitrogens is 1. The minimum absolute atomic E-state index is 0.153. The predicted molar refractivity (Wildman–Crippen MR) is 98.6 cm³/mol. The van der Waals surface area contributed by atoms with Crippen LogP contribution in [0.5, 0.6) is 0 Å². The van der Waals surface area contributed by atoms with Crippen LogP contribution in [0.25, 0.3) is 0 Å². The fraction of sp³-hybridized carbons (Fsp3) is 0.333. The van der Waals surface area contributed by atoms with Crippen molar-refractivity contribution in [2.45, 2.75) is 19.4 Å². The molecular weight excluding hydrogens is 370 g/mol. The van der Waals surface area contributed by atoms with Gasteiger partial charge < -0.3 is 15.0 Å². The summed E-state index contributed by atoms with van der Waals surface area (Å²) in [6.07, 6.45) is 2.86. The van der Waals surface area contributed by atoms with E-state index in [-0.39, 0.29) is 12.0 Å². The van der Waals surface area contributed by atoms with Crippen LogP contribution in [0.1, 0.15) is 23.7 Å². The quantitative estimate of drug-likeness (QED) is 0.865. The van der Waals surface area contributed by atoms with Crippen LogP contribution in [0.3, 0.4) is 0 Å². The number of morpholine rings is 1. The summed E-state index contributed by atoms with van der Waals surface area (Å²) in [6, 6.07) is 11.1. The number of anilines is 2. The standard InChI is InChI=1S/C18H20BrN3O2/c1-2-15-12-22(10-11-24-15)17-16(4-3-9-20-17)18(23)21-14-7-5-13(19)6-8-14/h3-9,15H,2,10-12H2,1H3,(H,21,23)/t15-/m1/s1. The van der Waals surface area contributed by atoms with Crippen LogP contribution in [-0.2, 0) is 4.74 Å². The number of hydrogen-bond donors (Lipinski definition) is 1. The van der Waals surface area contributed by atoms with Crippen LogP contribution < -0.4 is 10.2 Å². The number of nitrogens with zero attached hydrogens (tertiary/aromatic N) is 2. The van der Waals surface area contributed by atoms with Crippen molar-refractivity contribution in [3.8, 4) is 0 Å². The molecule has 2 aromatic rings. The average Bonchev–Trinajstić information content (AvgIpc) is 2.63. The van der Waals surface area contributed by atoms with Crippen LogP contribution >= 0.6 is 15.9 Å². The summed E-state index contributed by atoms with van der Waals surface area (Å²) in [5.41, 5.74) is 1.34. The Kier molecular flexibility index (Phi) is 5.48. The molecule has 1 fully saturated rings. The average molecular weight is 390 g/mol. The Hall–Kier alpha value is -1.92. The number of halogens is 1. The van der Waals surface area contributed by atoms with Gasteiger partial charge in [0.25, 0.3) is 5.91 Å². The van der Waals surface area contributed by atoms with Gasteiger partial charge in [0.2, 0.25) is 0 Å². The van der Waals surface area contributed by atoms with Crippen LogP contribution in [0.2, 0.25) is 0 Å². The Morgan fingerprint density at radius 2 is 2.17 bits per heavy atom. The lowest BCUT2D eigenvalue weighted by atomic mass is 10.1. The maximum Gasteiger partial charge on any atom is 0.259 e. The lowest BCUT2D eigenvalue weighted by Crippen LogP contribution is -2.43. The topological polar surface area (TPSA) is 54.5 Å². The van der Waals surface area contributed by atoms with Crippen LogP contribution in [0.4, 0.5) is 11.5 Å². The van der Waals surface area contributed by atoms with Crippen LogP contribution in [-0.4, -0.2) is 36.7 Å². The first-order valence-corrected chi connectivity index (χ1v) is 8.85. The smallest absolute Gasteiger partial charge is 0.259 e. The van der Waals surface area contributed by atoms with E-state index in [1.54, 1.807) is 12.3 Å². The first kappa shape index (κ1) is 16.9. The summed E-state index contributed by atoms with van der Waals surface area (Å²) in [6.45, 7) is 4.26. The van der Waals surface area contributed by atoms with Crippen molar-refractivity contribution in [2.75, 3.05) is 29.9 Å². The van der Waals surface area contributed by atoms with Crippen molar-refractivity contribution < 1.29 is 9.53 Å². The van der Waals surface area contributed by atoms with E-state index in [1.165, 1.54) is 0 Å². The minimum atomic E-state index is -0.153. The zero-order valence-electron chi connectivity index (χ0n) is 13.5. The van der Waals surface area contributed by atoms with Crippen molar-refractivity contribution >= 4 is 33.3 Å².